The number of hydrogen-bond acceptors (Lipinski definition) is 3. The third kappa shape index (κ3) is 3.97. The summed E-state index contributed by atoms with van der Waals surface area (Å²) in [5, 5.41) is 1.43. The van der Waals surface area contributed by atoms with E-state index in [1.165, 1.54) is 18.2 Å². The Morgan fingerprint density at radius 1 is 1.14 bits per heavy atom. The number of hydrazine groups is 1. The summed E-state index contributed by atoms with van der Waals surface area (Å²) in [6.07, 6.45) is 1.53. The molecule has 0 radical (unpaired) electrons. The molecule has 7 heteroatoms. The van der Waals surface area contributed by atoms with Crippen LogP contribution in [-0.4, -0.2) is 29.0 Å². The summed E-state index contributed by atoms with van der Waals surface area (Å²) >= 11 is 6.44. The summed E-state index contributed by atoms with van der Waals surface area (Å²) in [5.74, 6) is -1.17. The van der Waals surface area contributed by atoms with Crippen LogP contribution in [0.25, 0.3) is 0 Å². The van der Waals surface area contributed by atoms with Crippen molar-refractivity contribution in [2.45, 2.75) is 39.2 Å². The second-order valence-electron chi connectivity index (χ2n) is 7.59. The Morgan fingerprint density at radius 3 is 2.54 bits per heavy atom. The van der Waals surface area contributed by atoms with Crippen LogP contribution in [0.1, 0.15) is 53.5 Å². The zero-order valence-corrected chi connectivity index (χ0v) is 16.8. The number of carbonyl (C=O) groups excluding carboxylic acids is 2. The van der Waals surface area contributed by atoms with E-state index in [2.05, 4.69) is 5.43 Å². The van der Waals surface area contributed by atoms with Crippen molar-refractivity contribution >= 4 is 23.4 Å². The summed E-state index contributed by atoms with van der Waals surface area (Å²) in [6, 6.07) is 8.92. The highest BCUT2D eigenvalue weighted by Gasteiger charge is 2.32. The molecule has 5 nitrogen and oxygen atoms in total. The molecule has 3 rings (SSSR count). The number of rotatable bonds is 2. The van der Waals surface area contributed by atoms with Gasteiger partial charge in [0.05, 0.1) is 28.3 Å². The molecule has 0 unspecified atom stereocenters. The average molecular weight is 405 g/mol. The first-order valence-corrected chi connectivity index (χ1v) is 9.42. The summed E-state index contributed by atoms with van der Waals surface area (Å²) in [7, 11) is 0. The summed E-state index contributed by atoms with van der Waals surface area (Å²) < 4.78 is 19.7. The van der Waals surface area contributed by atoms with Gasteiger partial charge in [-0.3, -0.25) is 15.0 Å². The smallest absolute Gasteiger partial charge is 0.275 e. The lowest BCUT2D eigenvalue weighted by Crippen LogP contribution is -2.56. The van der Waals surface area contributed by atoms with E-state index in [9.17, 15) is 14.0 Å². The van der Waals surface area contributed by atoms with Crippen LogP contribution in [0.2, 0.25) is 5.02 Å². The molecule has 148 valence electrons. The Labute approximate surface area is 168 Å². The predicted octanol–water partition coefficient (Wildman–Crippen LogP) is 4.39. The second kappa shape index (κ2) is 7.80. The van der Waals surface area contributed by atoms with Crippen LogP contribution in [0.5, 0.6) is 5.75 Å². The first-order valence-electron chi connectivity index (χ1n) is 9.04. The molecule has 1 heterocycles. The number of hydrogen-bond donors (Lipinski definition) is 1. The Bertz CT molecular complexity index is 924. The van der Waals surface area contributed by atoms with Crippen molar-refractivity contribution < 1.29 is 18.7 Å². The maximum Gasteiger partial charge on any atom is 0.275 e. The molecule has 0 saturated heterocycles. The predicted molar refractivity (Wildman–Crippen MR) is 105 cm³/mol. The first kappa shape index (κ1) is 20.1. The van der Waals surface area contributed by atoms with Crippen LogP contribution in [0.4, 0.5) is 4.39 Å². The van der Waals surface area contributed by atoms with Crippen LogP contribution < -0.4 is 10.2 Å². The molecule has 0 atom stereocenters. The quantitative estimate of drug-likeness (QED) is 0.755. The molecule has 28 heavy (non-hydrogen) atoms. The topological polar surface area (TPSA) is 58.6 Å². The van der Waals surface area contributed by atoms with Gasteiger partial charge in [-0.25, -0.2) is 9.40 Å². The van der Waals surface area contributed by atoms with Gasteiger partial charge in [-0.05, 0) is 57.9 Å². The Hall–Kier alpha value is -2.60. The number of ether oxygens (including phenoxy) is 1. The zero-order chi connectivity index (χ0) is 20.5. The third-order valence-electron chi connectivity index (χ3n) is 4.47. The second-order valence-corrected chi connectivity index (χ2v) is 7.97. The minimum absolute atomic E-state index is 0.123. The standard InChI is InChI=1S/C21H22ClFN2O3/c1-21(2,3)25(20(27)13-7-4-5-9-16(13)23)24-19(26)15-10-11-17-14(18(15)22)8-6-12-28-17/h4-5,7,9-11H,6,8,12H2,1-3H3,(H,24,26). The Kier molecular flexibility index (Phi) is 5.61. The maximum absolute atomic E-state index is 14.1. The van der Waals surface area contributed by atoms with E-state index in [1.807, 2.05) is 0 Å². The molecule has 1 N–H and O–H groups in total. The van der Waals surface area contributed by atoms with E-state index in [0.29, 0.717) is 23.8 Å². The minimum atomic E-state index is -0.793. The molecule has 1 aliphatic rings. The van der Waals surface area contributed by atoms with Crippen molar-refractivity contribution in [2.24, 2.45) is 0 Å². The molecule has 2 amide bonds. The molecule has 0 aliphatic carbocycles. The number of fused-ring (bicyclic) bond motifs is 1. The summed E-state index contributed by atoms with van der Waals surface area (Å²) in [4.78, 5) is 25.8. The first-order chi connectivity index (χ1) is 13.2. The lowest BCUT2D eigenvalue weighted by atomic mass is 10.0. The van der Waals surface area contributed by atoms with E-state index in [-0.39, 0.29) is 11.1 Å². The number of benzene rings is 2. The fourth-order valence-corrected chi connectivity index (χ4v) is 3.35. The molecule has 0 spiro atoms. The summed E-state index contributed by atoms with van der Waals surface area (Å²) in [6.45, 7) is 5.85. The molecule has 0 saturated carbocycles. The average Bonchev–Trinajstić information content (AvgIpc) is 2.65. The van der Waals surface area contributed by atoms with Crippen LogP contribution in [0, 0.1) is 5.82 Å². The molecular formula is C21H22ClFN2O3. The zero-order valence-electron chi connectivity index (χ0n) is 16.0. The van der Waals surface area contributed by atoms with Crippen molar-refractivity contribution in [2.75, 3.05) is 6.61 Å². The number of halogens is 2. The van der Waals surface area contributed by atoms with Gasteiger partial charge in [-0.2, -0.15) is 0 Å². The van der Waals surface area contributed by atoms with Crippen LogP contribution in [0.15, 0.2) is 36.4 Å². The molecular weight excluding hydrogens is 383 g/mol. The monoisotopic (exact) mass is 404 g/mol. The number of nitrogens with zero attached hydrogens (tertiary/aromatic N) is 1. The van der Waals surface area contributed by atoms with E-state index < -0.39 is 23.2 Å². The largest absolute Gasteiger partial charge is 0.493 e. The molecule has 0 bridgehead atoms. The van der Waals surface area contributed by atoms with Gasteiger partial charge in [0.15, 0.2) is 0 Å². The van der Waals surface area contributed by atoms with Crippen LogP contribution >= 0.6 is 11.6 Å². The lowest BCUT2D eigenvalue weighted by molar-refractivity contribution is 0.0354. The molecule has 2 aromatic carbocycles. The minimum Gasteiger partial charge on any atom is -0.493 e. The maximum atomic E-state index is 14.1. The van der Waals surface area contributed by atoms with E-state index in [1.54, 1.807) is 39.0 Å². The van der Waals surface area contributed by atoms with Gasteiger partial charge >= 0.3 is 0 Å². The van der Waals surface area contributed by atoms with Crippen molar-refractivity contribution in [1.82, 2.24) is 10.4 Å². The summed E-state index contributed by atoms with van der Waals surface area (Å²) in [5.41, 5.74) is 2.70. The van der Waals surface area contributed by atoms with Gasteiger partial charge < -0.3 is 4.74 Å². The highest BCUT2D eigenvalue weighted by Crippen LogP contribution is 2.34. The van der Waals surface area contributed by atoms with Crippen LogP contribution in [-0.2, 0) is 6.42 Å². The number of nitrogens with one attached hydrogen (secondary N) is 1. The van der Waals surface area contributed by atoms with Crippen molar-refractivity contribution in [3.8, 4) is 5.75 Å². The molecule has 0 fully saturated rings. The van der Waals surface area contributed by atoms with Gasteiger partial charge in [0.25, 0.3) is 11.8 Å². The van der Waals surface area contributed by atoms with Gasteiger partial charge in [0.1, 0.15) is 11.6 Å². The highest BCUT2D eigenvalue weighted by atomic mass is 35.5. The van der Waals surface area contributed by atoms with Gasteiger partial charge in [0, 0.05) is 5.56 Å². The van der Waals surface area contributed by atoms with E-state index in [4.69, 9.17) is 16.3 Å². The fourth-order valence-electron chi connectivity index (χ4n) is 3.02. The van der Waals surface area contributed by atoms with E-state index >= 15 is 0 Å². The van der Waals surface area contributed by atoms with Crippen molar-refractivity contribution in [1.29, 1.82) is 0 Å². The lowest BCUT2D eigenvalue weighted by Gasteiger charge is -2.35. The van der Waals surface area contributed by atoms with Crippen molar-refractivity contribution in [3.05, 3.63) is 63.9 Å². The van der Waals surface area contributed by atoms with Gasteiger partial charge in [-0.15, -0.1) is 0 Å². The van der Waals surface area contributed by atoms with E-state index in [0.717, 1.165) is 17.0 Å². The fraction of sp³-hybridized carbons (Fsp3) is 0.333. The third-order valence-corrected chi connectivity index (χ3v) is 4.90. The molecule has 2 aromatic rings. The SMILES string of the molecule is CC(C)(C)N(NC(=O)c1ccc2c(c1Cl)CCCO2)C(=O)c1ccccc1F. The Balaban J connectivity index is 1.91. The van der Waals surface area contributed by atoms with Gasteiger partial charge in [-0.1, -0.05) is 23.7 Å². The Morgan fingerprint density at radius 2 is 1.86 bits per heavy atom. The van der Waals surface area contributed by atoms with Gasteiger partial charge in [0.2, 0.25) is 0 Å². The van der Waals surface area contributed by atoms with Crippen LogP contribution in [0.3, 0.4) is 0 Å². The normalized spacial score (nSPS) is 13.3. The van der Waals surface area contributed by atoms with Crippen molar-refractivity contribution in [3.63, 3.8) is 0 Å². The number of amides is 2. The number of carbonyl (C=O) groups is 2. The highest BCUT2D eigenvalue weighted by molar-refractivity contribution is 6.34. The molecule has 1 aliphatic heterocycles. The molecule has 0 aromatic heterocycles.